The Kier molecular flexibility index (Phi) is 4.99. The van der Waals surface area contributed by atoms with E-state index in [2.05, 4.69) is 19.5 Å². The summed E-state index contributed by atoms with van der Waals surface area (Å²) in [5.41, 5.74) is 0. The molecule has 26 heavy (non-hydrogen) atoms. The molecule has 1 saturated carbocycles. The molecule has 0 aromatic carbocycles. The van der Waals surface area contributed by atoms with Crippen LogP contribution in [0.2, 0.25) is 0 Å². The van der Waals surface area contributed by atoms with Crippen LogP contribution in [0.15, 0.2) is 0 Å². The fourth-order valence-electron chi connectivity index (χ4n) is 5.17. The number of hydrogen-bond acceptors (Lipinski definition) is 5. The van der Waals surface area contributed by atoms with Crippen molar-refractivity contribution in [2.75, 3.05) is 39.4 Å². The summed E-state index contributed by atoms with van der Waals surface area (Å²) in [7, 11) is 0. The van der Waals surface area contributed by atoms with Crippen molar-refractivity contribution in [3.8, 4) is 0 Å². The lowest BCUT2D eigenvalue weighted by Gasteiger charge is -2.39. The average molecular weight is 360 g/mol. The van der Waals surface area contributed by atoms with E-state index in [9.17, 15) is 0 Å². The molecule has 1 aromatic heterocycles. The number of nitrogens with zero attached hydrogens (tertiary/aromatic N) is 5. The molecule has 0 N–H and O–H groups in total. The number of piperidine rings is 1. The minimum atomic E-state index is 0.603. The monoisotopic (exact) mass is 359 g/mol. The van der Waals surface area contributed by atoms with Gasteiger partial charge in [0.1, 0.15) is 11.6 Å². The number of aromatic nitrogens is 3. The van der Waals surface area contributed by atoms with Crippen LogP contribution < -0.4 is 0 Å². The molecule has 5 rings (SSSR count). The van der Waals surface area contributed by atoms with Gasteiger partial charge in [-0.25, -0.2) is 0 Å². The maximum atomic E-state index is 5.54. The van der Waals surface area contributed by atoms with Gasteiger partial charge in [-0.2, -0.15) is 0 Å². The molecule has 6 heteroatoms. The van der Waals surface area contributed by atoms with Crippen molar-refractivity contribution in [1.82, 2.24) is 24.6 Å². The molecule has 1 aliphatic carbocycles. The van der Waals surface area contributed by atoms with Crippen molar-refractivity contribution >= 4 is 0 Å². The highest BCUT2D eigenvalue weighted by Gasteiger charge is 2.35. The first-order valence-electron chi connectivity index (χ1n) is 10.9. The Morgan fingerprint density at radius 3 is 2.23 bits per heavy atom. The fraction of sp³-hybridized carbons (Fsp3) is 0.900. The number of likely N-dealkylation sites (tertiary alicyclic amines) is 2. The first-order chi connectivity index (χ1) is 12.9. The topological polar surface area (TPSA) is 46.4 Å². The molecule has 0 bridgehead atoms. The number of hydrogen-bond donors (Lipinski definition) is 0. The van der Waals surface area contributed by atoms with Gasteiger partial charge in [0.25, 0.3) is 0 Å². The third-order valence-corrected chi connectivity index (χ3v) is 6.87. The zero-order valence-electron chi connectivity index (χ0n) is 16.0. The normalized spacial score (nSPS) is 27.4. The molecule has 3 saturated heterocycles. The van der Waals surface area contributed by atoms with Gasteiger partial charge >= 0.3 is 0 Å². The Hall–Kier alpha value is -0.980. The van der Waals surface area contributed by atoms with Crippen molar-refractivity contribution in [3.05, 3.63) is 11.6 Å². The van der Waals surface area contributed by atoms with Gasteiger partial charge in [-0.15, -0.1) is 10.2 Å². The summed E-state index contributed by atoms with van der Waals surface area (Å²) in [6.07, 6.45) is 10.2. The highest BCUT2D eigenvalue weighted by atomic mass is 16.5. The van der Waals surface area contributed by atoms with Gasteiger partial charge in [-0.3, -0.25) is 4.90 Å². The molecule has 4 fully saturated rings. The third kappa shape index (κ3) is 3.56. The van der Waals surface area contributed by atoms with Gasteiger partial charge < -0.3 is 14.2 Å². The molecular weight excluding hydrogens is 326 g/mol. The van der Waals surface area contributed by atoms with Crippen LogP contribution in [0.3, 0.4) is 0 Å². The summed E-state index contributed by atoms with van der Waals surface area (Å²) < 4.78 is 8.08. The van der Waals surface area contributed by atoms with Crippen LogP contribution in [0.25, 0.3) is 0 Å². The van der Waals surface area contributed by atoms with Gasteiger partial charge in [0.15, 0.2) is 0 Å². The van der Waals surface area contributed by atoms with Crippen LogP contribution in [0, 0.1) is 0 Å². The molecule has 1 aromatic rings. The van der Waals surface area contributed by atoms with E-state index in [-0.39, 0.29) is 0 Å². The Labute approximate surface area is 156 Å². The quantitative estimate of drug-likeness (QED) is 0.809. The maximum Gasteiger partial charge on any atom is 0.147 e. The first kappa shape index (κ1) is 17.1. The second-order valence-electron chi connectivity index (χ2n) is 8.71. The zero-order chi connectivity index (χ0) is 17.3. The van der Waals surface area contributed by atoms with Crippen LogP contribution in [0.1, 0.15) is 75.0 Å². The second kappa shape index (κ2) is 7.56. The standard InChI is InChI=1S/C20H33N5O/c1-2-10-23(9-1)15-19-21-22-20(25(19)18-3-4-18)16-5-11-24(12-6-16)17-7-13-26-14-8-17/h16-18H,1-15H2. The van der Waals surface area contributed by atoms with E-state index >= 15 is 0 Å². The predicted octanol–water partition coefficient (Wildman–Crippen LogP) is 2.57. The first-order valence-corrected chi connectivity index (χ1v) is 10.9. The van der Waals surface area contributed by atoms with Crippen LogP contribution in [0.4, 0.5) is 0 Å². The second-order valence-corrected chi connectivity index (χ2v) is 8.71. The molecule has 0 unspecified atom stereocenters. The molecule has 0 amide bonds. The van der Waals surface area contributed by atoms with E-state index < -0.39 is 0 Å². The Morgan fingerprint density at radius 1 is 0.808 bits per heavy atom. The van der Waals surface area contributed by atoms with Crippen LogP contribution in [-0.2, 0) is 11.3 Å². The molecule has 4 aliphatic rings. The van der Waals surface area contributed by atoms with Crippen LogP contribution >= 0.6 is 0 Å². The Bertz CT molecular complexity index is 593. The molecule has 144 valence electrons. The van der Waals surface area contributed by atoms with Crippen molar-refractivity contribution in [1.29, 1.82) is 0 Å². The Balaban J connectivity index is 1.26. The van der Waals surface area contributed by atoms with Gasteiger partial charge in [0.2, 0.25) is 0 Å². The summed E-state index contributed by atoms with van der Waals surface area (Å²) in [4.78, 5) is 5.27. The smallest absolute Gasteiger partial charge is 0.147 e. The predicted molar refractivity (Wildman–Crippen MR) is 100 cm³/mol. The lowest BCUT2D eigenvalue weighted by Crippen LogP contribution is -2.44. The van der Waals surface area contributed by atoms with E-state index in [1.807, 2.05) is 0 Å². The van der Waals surface area contributed by atoms with E-state index in [0.29, 0.717) is 12.0 Å². The minimum Gasteiger partial charge on any atom is -0.381 e. The fourth-order valence-corrected chi connectivity index (χ4v) is 5.17. The third-order valence-electron chi connectivity index (χ3n) is 6.87. The number of rotatable bonds is 5. The molecule has 3 aliphatic heterocycles. The summed E-state index contributed by atoms with van der Waals surface area (Å²) >= 11 is 0. The molecule has 0 atom stereocenters. The van der Waals surface area contributed by atoms with Crippen LogP contribution in [0.5, 0.6) is 0 Å². The molecule has 4 heterocycles. The molecule has 6 nitrogen and oxygen atoms in total. The lowest BCUT2D eigenvalue weighted by molar-refractivity contribution is 0.0247. The highest BCUT2D eigenvalue weighted by molar-refractivity contribution is 5.09. The minimum absolute atomic E-state index is 0.603. The van der Waals surface area contributed by atoms with Gasteiger partial charge in [0.05, 0.1) is 6.54 Å². The van der Waals surface area contributed by atoms with Crippen molar-refractivity contribution < 1.29 is 4.74 Å². The van der Waals surface area contributed by atoms with Crippen molar-refractivity contribution in [3.63, 3.8) is 0 Å². The van der Waals surface area contributed by atoms with Crippen molar-refractivity contribution in [2.24, 2.45) is 0 Å². The van der Waals surface area contributed by atoms with E-state index in [4.69, 9.17) is 9.84 Å². The molecular formula is C20H33N5O. The Morgan fingerprint density at radius 2 is 1.54 bits per heavy atom. The van der Waals surface area contributed by atoms with Gasteiger partial charge in [0, 0.05) is 31.2 Å². The lowest BCUT2D eigenvalue weighted by atomic mass is 9.93. The van der Waals surface area contributed by atoms with E-state index in [1.54, 1.807) is 0 Å². The summed E-state index contributed by atoms with van der Waals surface area (Å²) in [6, 6.07) is 1.43. The van der Waals surface area contributed by atoms with E-state index in [1.165, 1.54) is 89.2 Å². The van der Waals surface area contributed by atoms with Crippen molar-refractivity contribution in [2.45, 2.75) is 75.9 Å². The average Bonchev–Trinajstić information content (AvgIpc) is 3.24. The molecule has 0 spiro atoms. The summed E-state index contributed by atoms with van der Waals surface area (Å²) in [5, 5.41) is 9.39. The summed E-state index contributed by atoms with van der Waals surface area (Å²) in [5.74, 6) is 3.14. The zero-order valence-corrected chi connectivity index (χ0v) is 16.0. The maximum absolute atomic E-state index is 5.54. The number of ether oxygens (including phenoxy) is 1. The SMILES string of the molecule is C1CCN(Cc2nnc(C3CCN(C4CCOCC4)CC3)n2C2CC2)C1. The summed E-state index contributed by atoms with van der Waals surface area (Å²) in [6.45, 7) is 7.79. The molecule has 0 radical (unpaired) electrons. The van der Waals surface area contributed by atoms with Crippen LogP contribution in [-0.4, -0.2) is 70.0 Å². The van der Waals surface area contributed by atoms with Gasteiger partial charge in [-0.1, -0.05) is 0 Å². The van der Waals surface area contributed by atoms with Gasteiger partial charge in [-0.05, 0) is 77.5 Å². The largest absolute Gasteiger partial charge is 0.381 e. The highest BCUT2D eigenvalue weighted by Crippen LogP contribution is 2.40. The van der Waals surface area contributed by atoms with E-state index in [0.717, 1.165) is 25.8 Å².